The van der Waals surface area contributed by atoms with Crippen LogP contribution in [0.4, 0.5) is 0 Å². The molecule has 0 fully saturated rings. The van der Waals surface area contributed by atoms with Gasteiger partial charge in [-0.15, -0.1) is 0 Å². The molecular formula is C26H50O6Si2. The summed E-state index contributed by atoms with van der Waals surface area (Å²) in [5.74, 6) is 0. The van der Waals surface area contributed by atoms with Crippen molar-refractivity contribution in [3.05, 3.63) is 24.3 Å². The number of hydrogen-bond donors (Lipinski definition) is 0. The molecule has 0 radical (unpaired) electrons. The Bertz CT molecular complexity index is 647. The van der Waals surface area contributed by atoms with Gasteiger partial charge in [0.05, 0.1) is 24.4 Å². The van der Waals surface area contributed by atoms with Gasteiger partial charge in [0.1, 0.15) is 0 Å². The zero-order chi connectivity index (χ0) is 25.9. The molecule has 0 aromatic rings. The summed E-state index contributed by atoms with van der Waals surface area (Å²) in [6.45, 7) is 22.7. The van der Waals surface area contributed by atoms with Gasteiger partial charge < -0.3 is 27.8 Å². The van der Waals surface area contributed by atoms with Crippen LogP contribution in [0.2, 0.25) is 36.3 Å². The average Bonchev–Trinajstić information content (AvgIpc) is 2.71. The topological polar surface area (TPSA) is 55.4 Å². The molecule has 0 amide bonds. The molecule has 0 N–H and O–H groups in total. The molecule has 0 bridgehead atoms. The summed E-state index contributed by atoms with van der Waals surface area (Å²) in [5.41, 5.74) is 0. The lowest BCUT2D eigenvalue weighted by Crippen LogP contribution is -2.50. The van der Waals surface area contributed by atoms with Crippen molar-refractivity contribution in [2.24, 2.45) is 0 Å². The predicted octanol–water partition coefficient (Wildman–Crippen LogP) is 6.40. The SMILES string of the molecule is CO[C@H]1C=C[C@H](O[Si](C)(C)C(C)(C)C)[C@H](CC[C@H]2O[C@H](OC)C=C[C@H]2O[Si](C)(C)C(C)(C)C)O1. The van der Waals surface area contributed by atoms with E-state index in [2.05, 4.69) is 79.9 Å². The van der Waals surface area contributed by atoms with E-state index in [9.17, 15) is 0 Å². The van der Waals surface area contributed by atoms with Crippen molar-refractivity contribution >= 4 is 16.6 Å². The Kier molecular flexibility index (Phi) is 10.0. The smallest absolute Gasteiger partial charge is 0.193 e. The Hall–Kier alpha value is -0.326. The molecule has 2 rings (SSSR count). The standard InChI is InChI=1S/C26H50O6Si2/c1-25(2,3)33(9,10)31-21-15-17-23(27-7)29-19(21)13-14-20-22(16-18-24(28-8)30-20)32-34(11,12)26(4,5)6/h15-24H,13-14H2,1-12H3/t19-,20+,21-,22+,23+,24-. The second kappa shape index (κ2) is 11.4. The zero-order valence-electron chi connectivity index (χ0n) is 23.6. The summed E-state index contributed by atoms with van der Waals surface area (Å²) >= 11 is 0. The van der Waals surface area contributed by atoms with Gasteiger partial charge in [0.25, 0.3) is 0 Å². The third-order valence-corrected chi connectivity index (χ3v) is 16.9. The van der Waals surface area contributed by atoms with Crippen molar-refractivity contribution in [3.8, 4) is 0 Å². The van der Waals surface area contributed by atoms with Gasteiger partial charge in [0.2, 0.25) is 0 Å². The minimum absolute atomic E-state index is 0.107. The quantitative estimate of drug-likeness (QED) is 0.262. The number of ether oxygens (including phenoxy) is 4. The first kappa shape index (κ1) is 29.9. The molecule has 34 heavy (non-hydrogen) atoms. The van der Waals surface area contributed by atoms with Gasteiger partial charge in [-0.25, -0.2) is 0 Å². The monoisotopic (exact) mass is 514 g/mol. The van der Waals surface area contributed by atoms with Gasteiger partial charge in [-0.1, -0.05) is 53.7 Å². The normalized spacial score (nSPS) is 31.2. The first-order valence-corrected chi connectivity index (χ1v) is 18.4. The summed E-state index contributed by atoms with van der Waals surface area (Å²) in [7, 11) is -0.605. The van der Waals surface area contributed by atoms with Gasteiger partial charge in [0.15, 0.2) is 29.2 Å². The highest BCUT2D eigenvalue weighted by atomic mass is 28.4. The Morgan fingerprint density at radius 3 is 1.21 bits per heavy atom. The van der Waals surface area contributed by atoms with Crippen molar-refractivity contribution in [1.29, 1.82) is 0 Å². The fourth-order valence-corrected chi connectivity index (χ4v) is 6.09. The van der Waals surface area contributed by atoms with Gasteiger partial charge in [-0.05, 0) is 61.3 Å². The summed E-state index contributed by atoms with van der Waals surface area (Å²) in [6, 6.07) is 0. The van der Waals surface area contributed by atoms with Gasteiger partial charge in [-0.2, -0.15) is 0 Å². The number of hydrogen-bond acceptors (Lipinski definition) is 6. The van der Waals surface area contributed by atoms with Crippen LogP contribution in [0.5, 0.6) is 0 Å². The Morgan fingerprint density at radius 2 is 0.941 bits per heavy atom. The van der Waals surface area contributed by atoms with E-state index in [0.717, 1.165) is 12.8 Å². The maximum atomic E-state index is 6.75. The van der Waals surface area contributed by atoms with E-state index in [1.807, 2.05) is 12.2 Å². The van der Waals surface area contributed by atoms with Crippen molar-refractivity contribution in [2.45, 2.75) is 128 Å². The Labute approximate surface area is 210 Å². The van der Waals surface area contributed by atoms with E-state index in [1.54, 1.807) is 14.2 Å². The molecule has 0 unspecified atom stereocenters. The number of rotatable bonds is 9. The molecule has 0 aliphatic carbocycles. The first-order chi connectivity index (χ1) is 15.5. The zero-order valence-corrected chi connectivity index (χ0v) is 25.6. The molecule has 198 valence electrons. The van der Waals surface area contributed by atoms with Crippen molar-refractivity contribution in [2.75, 3.05) is 14.2 Å². The van der Waals surface area contributed by atoms with Crippen molar-refractivity contribution in [3.63, 3.8) is 0 Å². The van der Waals surface area contributed by atoms with Crippen LogP contribution >= 0.6 is 0 Å². The maximum Gasteiger partial charge on any atom is 0.193 e. The Balaban J connectivity index is 2.17. The average molecular weight is 515 g/mol. The fourth-order valence-electron chi connectivity index (χ4n) is 3.56. The molecule has 0 saturated heterocycles. The highest BCUT2D eigenvalue weighted by molar-refractivity contribution is 6.74. The van der Waals surface area contributed by atoms with E-state index in [1.165, 1.54) is 0 Å². The molecule has 8 heteroatoms. The van der Waals surface area contributed by atoms with Crippen LogP contribution in [0.1, 0.15) is 54.4 Å². The molecule has 0 saturated carbocycles. The van der Waals surface area contributed by atoms with E-state index in [-0.39, 0.29) is 47.1 Å². The van der Waals surface area contributed by atoms with E-state index >= 15 is 0 Å². The molecule has 2 aliphatic heterocycles. The molecule has 0 aromatic heterocycles. The molecule has 6 atom stereocenters. The number of methoxy groups -OCH3 is 2. The molecule has 2 heterocycles. The summed E-state index contributed by atoms with van der Waals surface area (Å²) in [4.78, 5) is 0. The minimum Gasteiger partial charge on any atom is -0.408 e. The molecule has 0 spiro atoms. The van der Waals surface area contributed by atoms with Crippen LogP contribution in [0.25, 0.3) is 0 Å². The molecule has 6 nitrogen and oxygen atoms in total. The second-order valence-corrected chi connectivity index (χ2v) is 22.1. The van der Waals surface area contributed by atoms with Crippen molar-refractivity contribution < 1.29 is 27.8 Å². The minimum atomic E-state index is -1.97. The lowest BCUT2D eigenvalue weighted by Gasteiger charge is -2.43. The van der Waals surface area contributed by atoms with E-state index in [0.29, 0.717) is 0 Å². The van der Waals surface area contributed by atoms with Crippen LogP contribution in [0, 0.1) is 0 Å². The lowest BCUT2D eigenvalue weighted by atomic mass is 9.99. The second-order valence-electron chi connectivity index (χ2n) is 12.6. The lowest BCUT2D eigenvalue weighted by molar-refractivity contribution is -0.175. The molecular weight excluding hydrogens is 464 g/mol. The van der Waals surface area contributed by atoms with Gasteiger partial charge >= 0.3 is 0 Å². The summed E-state index contributed by atoms with van der Waals surface area (Å²) in [5, 5.41) is 0.239. The summed E-state index contributed by atoms with van der Waals surface area (Å²) < 4.78 is 37.1. The first-order valence-electron chi connectivity index (χ1n) is 12.6. The van der Waals surface area contributed by atoms with E-state index < -0.39 is 16.6 Å². The molecule has 0 aromatic carbocycles. The summed E-state index contributed by atoms with van der Waals surface area (Å²) in [6.07, 6.45) is 8.53. The third kappa shape index (κ3) is 7.59. The van der Waals surface area contributed by atoms with Gasteiger partial charge in [-0.3, -0.25) is 0 Å². The maximum absolute atomic E-state index is 6.75. The van der Waals surface area contributed by atoms with Gasteiger partial charge in [0, 0.05) is 14.2 Å². The predicted molar refractivity (Wildman–Crippen MR) is 143 cm³/mol. The highest BCUT2D eigenvalue weighted by Crippen LogP contribution is 2.40. The Morgan fingerprint density at radius 1 is 0.618 bits per heavy atom. The van der Waals surface area contributed by atoms with Crippen LogP contribution in [0.15, 0.2) is 24.3 Å². The van der Waals surface area contributed by atoms with Crippen LogP contribution in [0.3, 0.4) is 0 Å². The van der Waals surface area contributed by atoms with Crippen LogP contribution in [-0.4, -0.2) is 67.9 Å². The molecule has 2 aliphatic rings. The van der Waals surface area contributed by atoms with E-state index in [4.69, 9.17) is 27.8 Å². The largest absolute Gasteiger partial charge is 0.408 e. The third-order valence-electron chi connectivity index (χ3n) is 7.94. The highest BCUT2D eigenvalue weighted by Gasteiger charge is 2.44. The fraction of sp³-hybridized carbons (Fsp3) is 0.846. The van der Waals surface area contributed by atoms with Crippen LogP contribution in [-0.2, 0) is 27.8 Å². The van der Waals surface area contributed by atoms with Crippen molar-refractivity contribution in [1.82, 2.24) is 0 Å². The van der Waals surface area contributed by atoms with Crippen LogP contribution < -0.4 is 0 Å².